The first-order valence-corrected chi connectivity index (χ1v) is 9.59. The van der Waals surface area contributed by atoms with E-state index >= 15 is 0 Å². The summed E-state index contributed by atoms with van der Waals surface area (Å²) in [5, 5.41) is 8.32. The van der Waals surface area contributed by atoms with E-state index in [0.29, 0.717) is 34.7 Å². The van der Waals surface area contributed by atoms with Crippen LogP contribution in [0, 0.1) is 0 Å². The summed E-state index contributed by atoms with van der Waals surface area (Å²) in [6.07, 6.45) is 0. The highest BCUT2D eigenvalue weighted by molar-refractivity contribution is 6.31. The summed E-state index contributed by atoms with van der Waals surface area (Å²) in [5.74, 6) is 1.27. The van der Waals surface area contributed by atoms with Crippen LogP contribution < -0.4 is 15.8 Å². The molecule has 2 heterocycles. The first kappa shape index (κ1) is 19.0. The number of fused-ring (bicyclic) bond motifs is 1. The number of primary amides is 1. The molecule has 0 unspecified atom stereocenters. The van der Waals surface area contributed by atoms with E-state index in [9.17, 15) is 4.79 Å². The van der Waals surface area contributed by atoms with Gasteiger partial charge in [0.25, 0.3) is 0 Å². The van der Waals surface area contributed by atoms with Gasteiger partial charge < -0.3 is 15.8 Å². The first-order valence-electron chi connectivity index (χ1n) is 9.21. The molecule has 0 bridgehead atoms. The quantitative estimate of drug-likeness (QED) is 0.668. The monoisotopic (exact) mass is 409 g/mol. The highest BCUT2D eigenvalue weighted by Crippen LogP contribution is 2.38. The number of halogens is 1. The average molecular weight is 410 g/mol. The van der Waals surface area contributed by atoms with Crippen LogP contribution in [0.5, 0.6) is 5.75 Å². The van der Waals surface area contributed by atoms with Crippen molar-refractivity contribution in [1.29, 1.82) is 0 Å². The van der Waals surface area contributed by atoms with Gasteiger partial charge in [-0.15, -0.1) is 5.10 Å². The SMILES string of the molecule is CCOc1ccc(-c2nc3n(n2)[C@@H](c2ccccc2Cl)C(C(N)=O)=C(C)N3)cc1. The number of aromatic nitrogens is 3. The summed E-state index contributed by atoms with van der Waals surface area (Å²) >= 11 is 6.44. The highest BCUT2D eigenvalue weighted by atomic mass is 35.5. The number of benzene rings is 2. The first-order chi connectivity index (χ1) is 14.0. The van der Waals surface area contributed by atoms with Crippen LogP contribution in [0.4, 0.5) is 5.95 Å². The zero-order valence-electron chi connectivity index (χ0n) is 16.0. The van der Waals surface area contributed by atoms with Crippen LogP contribution in [-0.2, 0) is 4.79 Å². The fraction of sp³-hybridized carbons (Fsp3) is 0.190. The van der Waals surface area contributed by atoms with Crippen molar-refractivity contribution in [1.82, 2.24) is 14.8 Å². The number of hydrogen-bond acceptors (Lipinski definition) is 5. The Morgan fingerprint density at radius 1 is 1.24 bits per heavy atom. The normalized spacial score (nSPS) is 15.6. The van der Waals surface area contributed by atoms with Gasteiger partial charge in [-0.2, -0.15) is 4.98 Å². The molecule has 0 saturated heterocycles. The zero-order valence-corrected chi connectivity index (χ0v) is 16.8. The molecule has 0 radical (unpaired) electrons. The van der Waals surface area contributed by atoms with Crippen LogP contribution in [0.2, 0.25) is 5.02 Å². The van der Waals surface area contributed by atoms with Crippen LogP contribution in [0.25, 0.3) is 11.4 Å². The van der Waals surface area contributed by atoms with Crippen molar-refractivity contribution >= 4 is 23.5 Å². The third kappa shape index (κ3) is 3.45. The predicted molar refractivity (Wildman–Crippen MR) is 112 cm³/mol. The summed E-state index contributed by atoms with van der Waals surface area (Å²) in [7, 11) is 0. The number of rotatable bonds is 5. The highest BCUT2D eigenvalue weighted by Gasteiger charge is 2.34. The van der Waals surface area contributed by atoms with Crippen molar-refractivity contribution in [3.63, 3.8) is 0 Å². The minimum atomic E-state index is -0.568. The number of carbonyl (C=O) groups excluding carboxylic acids is 1. The minimum absolute atomic E-state index is 0.397. The summed E-state index contributed by atoms with van der Waals surface area (Å²) in [5.41, 5.74) is 8.28. The number of amides is 1. The lowest BCUT2D eigenvalue weighted by Crippen LogP contribution is -2.32. The lowest BCUT2D eigenvalue weighted by Gasteiger charge is -2.28. The van der Waals surface area contributed by atoms with Crippen molar-refractivity contribution in [3.8, 4) is 17.1 Å². The third-order valence-corrected chi connectivity index (χ3v) is 5.09. The predicted octanol–water partition coefficient (Wildman–Crippen LogP) is 3.77. The van der Waals surface area contributed by atoms with E-state index in [-0.39, 0.29) is 0 Å². The maximum Gasteiger partial charge on any atom is 0.248 e. The number of hydrogen-bond donors (Lipinski definition) is 2. The number of nitrogens with zero attached hydrogens (tertiary/aromatic N) is 3. The van der Waals surface area contributed by atoms with Gasteiger partial charge >= 0.3 is 0 Å². The molecule has 8 heteroatoms. The fourth-order valence-electron chi connectivity index (χ4n) is 3.44. The largest absolute Gasteiger partial charge is 0.494 e. The molecule has 0 saturated carbocycles. The number of ether oxygens (including phenoxy) is 1. The topological polar surface area (TPSA) is 95.1 Å². The minimum Gasteiger partial charge on any atom is -0.494 e. The van der Waals surface area contributed by atoms with E-state index in [1.54, 1.807) is 17.7 Å². The second-order valence-corrected chi connectivity index (χ2v) is 7.02. The molecule has 4 rings (SSSR count). The van der Waals surface area contributed by atoms with Crippen molar-refractivity contribution in [2.45, 2.75) is 19.9 Å². The summed E-state index contributed by atoms with van der Waals surface area (Å²) in [4.78, 5) is 16.9. The van der Waals surface area contributed by atoms with Crippen LogP contribution in [0.15, 0.2) is 59.8 Å². The summed E-state index contributed by atoms with van der Waals surface area (Å²) < 4.78 is 7.14. The maximum absolute atomic E-state index is 12.3. The molecule has 7 nitrogen and oxygen atoms in total. The Morgan fingerprint density at radius 3 is 2.62 bits per heavy atom. The lowest BCUT2D eigenvalue weighted by molar-refractivity contribution is -0.115. The molecule has 3 aromatic rings. The van der Waals surface area contributed by atoms with E-state index < -0.39 is 11.9 Å². The summed E-state index contributed by atoms with van der Waals surface area (Å²) in [6.45, 7) is 4.32. The molecule has 0 spiro atoms. The van der Waals surface area contributed by atoms with Gasteiger partial charge in [-0.3, -0.25) is 4.79 Å². The standard InChI is InChI=1S/C21H20ClN5O2/c1-3-29-14-10-8-13(9-11-14)20-25-21-24-12(2)17(19(23)28)18(27(21)26-20)15-6-4-5-7-16(15)22/h4-11,18H,3H2,1-2H3,(H2,23,28)(H,24,25,26)/t18-/m0/s1. The fourth-order valence-corrected chi connectivity index (χ4v) is 3.68. The molecule has 0 fully saturated rings. The number of nitrogens with two attached hydrogens (primary N) is 1. The number of carbonyl (C=O) groups is 1. The van der Waals surface area contributed by atoms with Crippen LogP contribution in [0.3, 0.4) is 0 Å². The smallest absolute Gasteiger partial charge is 0.248 e. The molecule has 3 N–H and O–H groups in total. The van der Waals surface area contributed by atoms with Crippen molar-refractivity contribution in [3.05, 3.63) is 70.4 Å². The molecule has 1 atom stereocenters. The molecule has 0 aliphatic carbocycles. The van der Waals surface area contributed by atoms with Gasteiger partial charge in [-0.1, -0.05) is 29.8 Å². The molecule has 2 aromatic carbocycles. The van der Waals surface area contributed by atoms with Gasteiger partial charge in [0.15, 0.2) is 5.82 Å². The number of nitrogens with one attached hydrogen (secondary N) is 1. The Labute approximate surface area is 173 Å². The average Bonchev–Trinajstić information content (AvgIpc) is 3.11. The molecule has 148 valence electrons. The molecular weight excluding hydrogens is 390 g/mol. The Kier molecular flexibility index (Phi) is 4.98. The van der Waals surface area contributed by atoms with Gasteiger partial charge in [-0.05, 0) is 44.2 Å². The van der Waals surface area contributed by atoms with E-state index in [1.165, 1.54) is 0 Å². The maximum atomic E-state index is 12.3. The summed E-state index contributed by atoms with van der Waals surface area (Å²) in [6, 6.07) is 14.3. The van der Waals surface area contributed by atoms with E-state index in [2.05, 4.69) is 15.4 Å². The van der Waals surface area contributed by atoms with Gasteiger partial charge in [0.05, 0.1) is 12.2 Å². The lowest BCUT2D eigenvalue weighted by atomic mass is 9.95. The number of anilines is 1. The Bertz CT molecular complexity index is 1100. The molecule has 1 amide bonds. The van der Waals surface area contributed by atoms with Crippen LogP contribution in [0.1, 0.15) is 25.5 Å². The van der Waals surface area contributed by atoms with Gasteiger partial charge in [0.2, 0.25) is 11.9 Å². The Balaban J connectivity index is 1.82. The van der Waals surface area contributed by atoms with Crippen molar-refractivity contribution in [2.24, 2.45) is 5.73 Å². The molecular formula is C21H20ClN5O2. The van der Waals surface area contributed by atoms with Crippen molar-refractivity contribution in [2.75, 3.05) is 11.9 Å². The number of allylic oxidation sites excluding steroid dienone is 1. The van der Waals surface area contributed by atoms with E-state index in [0.717, 1.165) is 16.9 Å². The van der Waals surface area contributed by atoms with Gasteiger partial charge in [-0.25, -0.2) is 4.68 Å². The van der Waals surface area contributed by atoms with Crippen LogP contribution >= 0.6 is 11.6 Å². The molecule has 1 aromatic heterocycles. The Hall–Kier alpha value is -3.32. The molecule has 1 aliphatic heterocycles. The second kappa shape index (κ2) is 7.60. The van der Waals surface area contributed by atoms with E-state index in [1.807, 2.05) is 49.4 Å². The molecule has 1 aliphatic rings. The van der Waals surface area contributed by atoms with Crippen molar-refractivity contribution < 1.29 is 9.53 Å². The zero-order chi connectivity index (χ0) is 20.5. The second-order valence-electron chi connectivity index (χ2n) is 6.61. The van der Waals surface area contributed by atoms with Gasteiger partial charge in [0, 0.05) is 21.8 Å². The molecule has 29 heavy (non-hydrogen) atoms. The third-order valence-electron chi connectivity index (χ3n) is 4.74. The van der Waals surface area contributed by atoms with E-state index in [4.69, 9.17) is 22.1 Å². The Morgan fingerprint density at radius 2 is 1.97 bits per heavy atom. The van der Waals surface area contributed by atoms with Crippen LogP contribution in [-0.4, -0.2) is 27.3 Å². The van der Waals surface area contributed by atoms with Gasteiger partial charge in [0.1, 0.15) is 11.8 Å².